The van der Waals surface area contributed by atoms with Crippen molar-refractivity contribution in [3.8, 4) is 0 Å². The molecular formula is C24H23P. The minimum atomic E-state index is 0.731. The highest BCUT2D eigenvalue weighted by atomic mass is 31.1. The molecule has 0 bridgehead atoms. The Morgan fingerprint density at radius 2 is 0.960 bits per heavy atom. The molecule has 0 aromatic heterocycles. The zero-order valence-corrected chi connectivity index (χ0v) is 15.3. The Kier molecular flexibility index (Phi) is 8.18. The molecule has 4 aromatic carbocycles. The maximum absolute atomic E-state index is 3.00. The van der Waals surface area contributed by atoms with E-state index in [4.69, 9.17) is 0 Å². The van der Waals surface area contributed by atoms with E-state index in [0.29, 0.717) is 0 Å². The fourth-order valence-corrected chi connectivity index (χ4v) is 3.61. The van der Waals surface area contributed by atoms with Crippen LogP contribution < -0.4 is 10.6 Å². The molecule has 25 heavy (non-hydrogen) atoms. The summed E-state index contributed by atoms with van der Waals surface area (Å²) in [7, 11) is 0.731. The molecule has 1 unspecified atom stereocenters. The van der Waals surface area contributed by atoms with Crippen molar-refractivity contribution in [2.45, 2.75) is 0 Å². The molecule has 0 saturated heterocycles. The van der Waals surface area contributed by atoms with Crippen LogP contribution in [0.4, 0.5) is 0 Å². The number of fused-ring (bicyclic) bond motifs is 1. The fourth-order valence-electron chi connectivity index (χ4n) is 2.40. The highest BCUT2D eigenvalue weighted by molar-refractivity contribution is 7.56. The van der Waals surface area contributed by atoms with Gasteiger partial charge >= 0.3 is 0 Å². The van der Waals surface area contributed by atoms with E-state index in [1.54, 1.807) is 0 Å². The Hall–Kier alpha value is -2.69. The van der Waals surface area contributed by atoms with Crippen LogP contribution in [0, 0.1) is 0 Å². The average Bonchev–Trinajstić information content (AvgIpc) is 2.72. The second kappa shape index (κ2) is 11.0. The largest absolute Gasteiger partial charge is 0.106 e. The molecule has 4 rings (SSSR count). The first-order chi connectivity index (χ1) is 12.4. The molecule has 0 fully saturated rings. The van der Waals surface area contributed by atoms with Crippen molar-refractivity contribution in [1.82, 2.24) is 0 Å². The first-order valence-corrected chi connectivity index (χ1v) is 9.23. The lowest BCUT2D eigenvalue weighted by atomic mass is 10.1. The van der Waals surface area contributed by atoms with E-state index in [9.17, 15) is 0 Å². The van der Waals surface area contributed by atoms with Gasteiger partial charge in [0, 0.05) is 0 Å². The molecule has 0 heterocycles. The standard InChI is InChI=1S/C16H13P.C6H6.C2H4/c1-2-9-14(10-3-1)17-16-12-6-8-13-7-4-5-11-15(13)16;1-2-4-6-5-3-1;1-2/h1-12,17H;1-6H;1-2H2. The van der Waals surface area contributed by atoms with E-state index in [0.717, 1.165) is 8.58 Å². The Balaban J connectivity index is 0.000000237. The first kappa shape index (κ1) is 18.6. The van der Waals surface area contributed by atoms with Crippen molar-refractivity contribution in [3.05, 3.63) is 122 Å². The molecule has 0 aliphatic rings. The smallest absolute Gasteiger partial charge is 0.0106 e. The quantitative estimate of drug-likeness (QED) is 0.311. The normalized spacial score (nSPS) is 9.76. The summed E-state index contributed by atoms with van der Waals surface area (Å²) in [6, 6.07) is 37.8. The molecule has 1 heteroatoms. The van der Waals surface area contributed by atoms with Crippen molar-refractivity contribution < 1.29 is 0 Å². The monoisotopic (exact) mass is 342 g/mol. The van der Waals surface area contributed by atoms with Crippen LogP contribution in [-0.2, 0) is 0 Å². The minimum Gasteiger partial charge on any atom is -0.106 e. The van der Waals surface area contributed by atoms with Crippen LogP contribution in [0.3, 0.4) is 0 Å². The Morgan fingerprint density at radius 3 is 1.60 bits per heavy atom. The molecule has 0 saturated carbocycles. The Bertz CT molecular complexity index is 822. The van der Waals surface area contributed by atoms with E-state index in [2.05, 4.69) is 86.0 Å². The van der Waals surface area contributed by atoms with Crippen molar-refractivity contribution in [3.63, 3.8) is 0 Å². The Morgan fingerprint density at radius 1 is 0.480 bits per heavy atom. The highest BCUT2D eigenvalue weighted by Gasteiger charge is 2.00. The summed E-state index contributed by atoms with van der Waals surface area (Å²) >= 11 is 0. The van der Waals surface area contributed by atoms with Crippen molar-refractivity contribution >= 4 is 30.0 Å². The lowest BCUT2D eigenvalue weighted by molar-refractivity contribution is 1.72. The highest BCUT2D eigenvalue weighted by Crippen LogP contribution is 2.19. The van der Waals surface area contributed by atoms with Crippen LogP contribution in [-0.4, -0.2) is 0 Å². The van der Waals surface area contributed by atoms with Gasteiger partial charge in [-0.3, -0.25) is 0 Å². The third-order valence-electron chi connectivity index (χ3n) is 3.51. The number of hydrogen-bond acceptors (Lipinski definition) is 0. The molecule has 0 spiro atoms. The zero-order valence-electron chi connectivity index (χ0n) is 14.3. The van der Waals surface area contributed by atoms with Crippen molar-refractivity contribution in [2.75, 3.05) is 0 Å². The molecule has 124 valence electrons. The second-order valence-electron chi connectivity index (χ2n) is 5.17. The molecule has 4 aromatic rings. The van der Waals surface area contributed by atoms with Crippen LogP contribution in [0.2, 0.25) is 0 Å². The van der Waals surface area contributed by atoms with Crippen LogP contribution in [0.25, 0.3) is 10.8 Å². The van der Waals surface area contributed by atoms with E-state index in [1.807, 2.05) is 36.4 Å². The van der Waals surface area contributed by atoms with Gasteiger partial charge in [-0.1, -0.05) is 118 Å². The summed E-state index contributed by atoms with van der Waals surface area (Å²) < 4.78 is 0. The van der Waals surface area contributed by atoms with Crippen molar-refractivity contribution in [1.29, 1.82) is 0 Å². The zero-order chi connectivity index (χ0) is 17.7. The van der Waals surface area contributed by atoms with Gasteiger partial charge in [-0.15, -0.1) is 13.2 Å². The third kappa shape index (κ3) is 6.03. The van der Waals surface area contributed by atoms with Gasteiger partial charge in [0.1, 0.15) is 0 Å². The number of hydrogen-bond donors (Lipinski definition) is 0. The molecular weight excluding hydrogens is 319 g/mol. The van der Waals surface area contributed by atoms with Gasteiger partial charge in [0.15, 0.2) is 0 Å². The maximum atomic E-state index is 3.00. The van der Waals surface area contributed by atoms with Gasteiger partial charge in [0.05, 0.1) is 0 Å². The topological polar surface area (TPSA) is 0 Å². The van der Waals surface area contributed by atoms with E-state index in [1.165, 1.54) is 21.4 Å². The van der Waals surface area contributed by atoms with Gasteiger partial charge in [-0.25, -0.2) is 0 Å². The van der Waals surface area contributed by atoms with E-state index >= 15 is 0 Å². The van der Waals surface area contributed by atoms with Gasteiger partial charge in [0.2, 0.25) is 0 Å². The summed E-state index contributed by atoms with van der Waals surface area (Å²) in [5.74, 6) is 0. The molecule has 0 aliphatic heterocycles. The number of benzene rings is 4. The van der Waals surface area contributed by atoms with Crippen LogP contribution in [0.1, 0.15) is 0 Å². The van der Waals surface area contributed by atoms with Crippen molar-refractivity contribution in [2.24, 2.45) is 0 Å². The average molecular weight is 342 g/mol. The number of rotatable bonds is 2. The molecule has 0 amide bonds. The molecule has 0 N–H and O–H groups in total. The van der Waals surface area contributed by atoms with Gasteiger partial charge < -0.3 is 0 Å². The summed E-state index contributed by atoms with van der Waals surface area (Å²) in [5.41, 5.74) is 0. The Labute approximate surface area is 152 Å². The second-order valence-corrected chi connectivity index (χ2v) is 6.54. The lowest BCUT2D eigenvalue weighted by Crippen LogP contribution is -2.03. The molecule has 0 aliphatic carbocycles. The van der Waals surface area contributed by atoms with Crippen LogP contribution in [0.5, 0.6) is 0 Å². The molecule has 1 atom stereocenters. The fraction of sp³-hybridized carbons (Fsp3) is 0. The van der Waals surface area contributed by atoms with E-state index in [-0.39, 0.29) is 0 Å². The first-order valence-electron chi connectivity index (χ1n) is 8.23. The summed E-state index contributed by atoms with van der Waals surface area (Å²) in [4.78, 5) is 0. The predicted octanol–water partition coefficient (Wildman–Crippen LogP) is 5.96. The SMILES string of the molecule is C=C.c1ccc(Pc2cccc3ccccc23)cc1.c1ccccc1. The van der Waals surface area contributed by atoms with Gasteiger partial charge in [-0.05, 0) is 21.4 Å². The van der Waals surface area contributed by atoms with Gasteiger partial charge in [-0.2, -0.15) is 0 Å². The molecule has 0 radical (unpaired) electrons. The van der Waals surface area contributed by atoms with Gasteiger partial charge in [0.25, 0.3) is 0 Å². The lowest BCUT2D eigenvalue weighted by Gasteiger charge is -2.06. The van der Waals surface area contributed by atoms with Crippen LogP contribution >= 0.6 is 8.58 Å². The third-order valence-corrected chi connectivity index (χ3v) is 4.84. The predicted molar refractivity (Wildman–Crippen MR) is 116 cm³/mol. The molecule has 0 nitrogen and oxygen atoms in total. The minimum absolute atomic E-state index is 0.731. The van der Waals surface area contributed by atoms with Crippen LogP contribution in [0.15, 0.2) is 122 Å². The summed E-state index contributed by atoms with van der Waals surface area (Å²) in [6.07, 6.45) is 0. The van der Waals surface area contributed by atoms with E-state index < -0.39 is 0 Å². The summed E-state index contributed by atoms with van der Waals surface area (Å²) in [6.45, 7) is 6.00. The maximum Gasteiger partial charge on any atom is -0.0106 e. The summed E-state index contributed by atoms with van der Waals surface area (Å²) in [5, 5.41) is 5.52.